The van der Waals surface area contributed by atoms with Gasteiger partial charge in [0.15, 0.2) is 11.5 Å². The van der Waals surface area contributed by atoms with Crippen LogP contribution in [0.2, 0.25) is 0 Å². The van der Waals surface area contributed by atoms with E-state index in [4.69, 9.17) is 9.47 Å². The van der Waals surface area contributed by atoms with Crippen molar-refractivity contribution in [1.82, 2.24) is 10.2 Å². The molecule has 0 saturated heterocycles. The molecule has 7 heteroatoms. The highest BCUT2D eigenvalue weighted by Gasteiger charge is 2.20. The maximum absolute atomic E-state index is 12.6. The van der Waals surface area contributed by atoms with Crippen molar-refractivity contribution >= 4 is 11.6 Å². The van der Waals surface area contributed by atoms with Crippen LogP contribution in [0.3, 0.4) is 0 Å². The van der Waals surface area contributed by atoms with Gasteiger partial charge in [0.25, 0.3) is 5.91 Å². The molecule has 1 aromatic heterocycles. The Morgan fingerprint density at radius 3 is 2.88 bits per heavy atom. The van der Waals surface area contributed by atoms with Crippen LogP contribution in [0.5, 0.6) is 17.2 Å². The van der Waals surface area contributed by atoms with Crippen LogP contribution in [0.4, 0.5) is 5.69 Å². The lowest BCUT2D eigenvalue weighted by Gasteiger charge is -2.08. The Morgan fingerprint density at radius 2 is 2.04 bits per heavy atom. The number of hydrogen-bond donors (Lipinski definition) is 3. The summed E-state index contributed by atoms with van der Waals surface area (Å²) in [6, 6.07) is 10.4. The summed E-state index contributed by atoms with van der Waals surface area (Å²) in [5, 5.41) is 19.5. The van der Waals surface area contributed by atoms with Gasteiger partial charge in [-0.1, -0.05) is 6.07 Å². The second-order valence-electron chi connectivity index (χ2n) is 5.70. The molecular weight excluding hydrogens is 322 g/mol. The number of hydrogen-bond acceptors (Lipinski definition) is 5. The van der Waals surface area contributed by atoms with Crippen LogP contribution in [0.1, 0.15) is 15.9 Å². The molecule has 1 aliphatic rings. The van der Waals surface area contributed by atoms with Gasteiger partial charge < -0.3 is 19.9 Å². The summed E-state index contributed by atoms with van der Waals surface area (Å²) in [5.74, 6) is 0.926. The third-order valence-corrected chi connectivity index (χ3v) is 3.95. The number of anilines is 1. The van der Waals surface area contributed by atoms with E-state index in [-0.39, 0.29) is 18.4 Å². The largest absolute Gasteiger partial charge is 0.506 e. The molecule has 0 unspecified atom stereocenters. The van der Waals surface area contributed by atoms with E-state index in [2.05, 4.69) is 15.5 Å². The normalized spacial score (nSPS) is 12.2. The van der Waals surface area contributed by atoms with Crippen molar-refractivity contribution < 1.29 is 19.4 Å². The summed E-state index contributed by atoms with van der Waals surface area (Å²) in [4.78, 5) is 12.6. The van der Waals surface area contributed by atoms with Gasteiger partial charge in [-0.25, -0.2) is 0 Å². The number of ether oxygens (including phenoxy) is 2. The van der Waals surface area contributed by atoms with E-state index in [9.17, 15) is 9.90 Å². The Labute approximate surface area is 143 Å². The maximum Gasteiger partial charge on any atom is 0.259 e. The minimum atomic E-state index is -0.374. The quantitative estimate of drug-likeness (QED) is 0.638. The lowest BCUT2D eigenvalue weighted by atomic mass is 10.1. The van der Waals surface area contributed by atoms with Gasteiger partial charge in [0.1, 0.15) is 5.75 Å². The van der Waals surface area contributed by atoms with E-state index in [1.807, 2.05) is 19.1 Å². The monoisotopic (exact) mass is 337 g/mol. The lowest BCUT2D eigenvalue weighted by molar-refractivity contribution is 0.102. The average molecular weight is 337 g/mol. The number of carbonyl (C=O) groups is 1. The molecule has 25 heavy (non-hydrogen) atoms. The minimum absolute atomic E-state index is 0.0153. The third-order valence-electron chi connectivity index (χ3n) is 3.95. The first kappa shape index (κ1) is 15.1. The number of benzene rings is 2. The Hall–Kier alpha value is -3.48. The zero-order valence-corrected chi connectivity index (χ0v) is 13.4. The first-order valence-corrected chi connectivity index (χ1v) is 7.66. The number of carbonyl (C=O) groups excluding carboxylic acids is 1. The summed E-state index contributed by atoms with van der Waals surface area (Å²) in [6.45, 7) is 2.04. The van der Waals surface area contributed by atoms with Gasteiger partial charge in [-0.05, 0) is 42.8 Å². The second-order valence-corrected chi connectivity index (χ2v) is 5.70. The molecule has 0 radical (unpaired) electrons. The number of aromatic nitrogens is 2. The summed E-state index contributed by atoms with van der Waals surface area (Å²) in [7, 11) is 0. The van der Waals surface area contributed by atoms with Gasteiger partial charge in [0.2, 0.25) is 6.79 Å². The van der Waals surface area contributed by atoms with Gasteiger partial charge in [0, 0.05) is 5.56 Å². The van der Waals surface area contributed by atoms with Crippen LogP contribution >= 0.6 is 0 Å². The van der Waals surface area contributed by atoms with Crippen LogP contribution in [-0.2, 0) is 0 Å². The van der Waals surface area contributed by atoms with E-state index in [0.717, 1.165) is 11.1 Å². The Kier molecular flexibility index (Phi) is 3.53. The highest BCUT2D eigenvalue weighted by atomic mass is 16.7. The zero-order chi connectivity index (χ0) is 17.4. The molecule has 0 spiro atoms. The molecule has 7 nitrogen and oxygen atoms in total. The summed E-state index contributed by atoms with van der Waals surface area (Å²) in [5.41, 5.74) is 2.91. The number of nitrogens with zero attached hydrogens (tertiary/aromatic N) is 1. The smallest absolute Gasteiger partial charge is 0.259 e. The number of phenols is 1. The fraction of sp³-hybridized carbons (Fsp3) is 0.111. The van der Waals surface area contributed by atoms with Crippen molar-refractivity contribution in [2.24, 2.45) is 0 Å². The Balaban J connectivity index is 1.64. The number of aromatic hydroxyl groups is 1. The molecule has 0 fully saturated rings. The fourth-order valence-corrected chi connectivity index (χ4v) is 2.67. The number of H-pyrrole nitrogens is 1. The molecule has 1 aliphatic heterocycles. The SMILES string of the molecule is Cc1ccc(NC(=O)c2cn[nH]c2-c2ccc3c(c2)OCO3)c(O)c1. The lowest BCUT2D eigenvalue weighted by Crippen LogP contribution is -2.12. The average Bonchev–Trinajstić information content (AvgIpc) is 3.25. The Morgan fingerprint density at radius 1 is 1.20 bits per heavy atom. The predicted octanol–water partition coefficient (Wildman–Crippen LogP) is 3.07. The molecular formula is C18H15N3O4. The number of rotatable bonds is 3. The minimum Gasteiger partial charge on any atom is -0.506 e. The van der Waals surface area contributed by atoms with Crippen molar-refractivity contribution in [3.8, 4) is 28.5 Å². The van der Waals surface area contributed by atoms with Crippen molar-refractivity contribution in [3.63, 3.8) is 0 Å². The first-order chi connectivity index (χ1) is 12.1. The molecule has 126 valence electrons. The second kappa shape index (κ2) is 5.86. The van der Waals surface area contributed by atoms with E-state index in [0.29, 0.717) is 28.4 Å². The van der Waals surface area contributed by atoms with Crippen molar-refractivity contribution in [2.75, 3.05) is 12.1 Å². The molecule has 4 rings (SSSR count). The van der Waals surface area contributed by atoms with Crippen LogP contribution in [0.25, 0.3) is 11.3 Å². The zero-order valence-electron chi connectivity index (χ0n) is 13.4. The number of aryl methyl sites for hydroxylation is 1. The molecule has 1 amide bonds. The number of nitrogens with one attached hydrogen (secondary N) is 2. The number of aromatic amines is 1. The van der Waals surface area contributed by atoms with Crippen LogP contribution in [0.15, 0.2) is 42.6 Å². The van der Waals surface area contributed by atoms with E-state index in [1.54, 1.807) is 24.3 Å². The van der Waals surface area contributed by atoms with E-state index >= 15 is 0 Å². The number of fused-ring (bicyclic) bond motifs is 1. The van der Waals surface area contributed by atoms with E-state index < -0.39 is 0 Å². The summed E-state index contributed by atoms with van der Waals surface area (Å²) >= 11 is 0. The molecule has 2 heterocycles. The highest BCUT2D eigenvalue weighted by Crippen LogP contribution is 2.36. The van der Waals surface area contributed by atoms with Crippen LogP contribution in [0, 0.1) is 6.92 Å². The fourth-order valence-electron chi connectivity index (χ4n) is 2.67. The summed E-state index contributed by atoms with van der Waals surface area (Å²) < 4.78 is 10.7. The van der Waals surface area contributed by atoms with Crippen molar-refractivity contribution in [2.45, 2.75) is 6.92 Å². The molecule has 3 N–H and O–H groups in total. The summed E-state index contributed by atoms with van der Waals surface area (Å²) in [6.07, 6.45) is 1.44. The van der Waals surface area contributed by atoms with Crippen LogP contribution < -0.4 is 14.8 Å². The molecule has 0 aliphatic carbocycles. The third kappa shape index (κ3) is 2.76. The van der Waals surface area contributed by atoms with E-state index in [1.165, 1.54) is 6.20 Å². The van der Waals surface area contributed by atoms with Gasteiger partial charge in [0.05, 0.1) is 23.1 Å². The van der Waals surface area contributed by atoms with Gasteiger partial charge in [-0.2, -0.15) is 5.10 Å². The molecule has 2 aromatic carbocycles. The molecule has 0 saturated carbocycles. The first-order valence-electron chi connectivity index (χ1n) is 7.66. The van der Waals surface area contributed by atoms with Gasteiger partial charge >= 0.3 is 0 Å². The number of amides is 1. The molecule has 3 aromatic rings. The standard InChI is InChI=1S/C18H15N3O4/c1-10-2-4-13(14(22)6-10)20-18(23)12-8-19-21-17(12)11-3-5-15-16(7-11)25-9-24-15/h2-8,22H,9H2,1H3,(H,19,21)(H,20,23). The van der Waals surface area contributed by atoms with Crippen molar-refractivity contribution in [3.05, 3.63) is 53.7 Å². The molecule has 0 atom stereocenters. The maximum atomic E-state index is 12.6. The predicted molar refractivity (Wildman–Crippen MR) is 90.9 cm³/mol. The Bertz CT molecular complexity index is 965. The van der Waals surface area contributed by atoms with Crippen LogP contribution in [-0.4, -0.2) is 28.0 Å². The van der Waals surface area contributed by atoms with Crippen molar-refractivity contribution in [1.29, 1.82) is 0 Å². The molecule has 0 bridgehead atoms. The van der Waals surface area contributed by atoms with Gasteiger partial charge in [-0.3, -0.25) is 9.89 Å². The topological polar surface area (TPSA) is 96.5 Å². The number of phenolic OH excluding ortho intramolecular Hbond substituents is 1. The van der Waals surface area contributed by atoms with Gasteiger partial charge in [-0.15, -0.1) is 0 Å². The highest BCUT2D eigenvalue weighted by molar-refractivity contribution is 6.08.